The van der Waals surface area contributed by atoms with E-state index in [9.17, 15) is 104 Å². The van der Waals surface area contributed by atoms with Crippen LogP contribution in [0.5, 0.6) is 0 Å². The number of Topliss-reactive ketones (excluding diaryl/α,β-unsaturated/α-hetero) is 2. The van der Waals surface area contributed by atoms with Crippen molar-refractivity contribution in [2.45, 2.75) is 135 Å². The maximum atomic E-state index is 13.4. The molecule has 786 valence electrons. The lowest BCUT2D eigenvalue weighted by molar-refractivity contribution is -0.385. The van der Waals surface area contributed by atoms with Gasteiger partial charge < -0.3 is 50.9 Å². The number of rotatable bonds is 27. The summed E-state index contributed by atoms with van der Waals surface area (Å²) >= 11 is 39.8. The number of carbonyl (C=O) groups excluding carboxylic acids is 9. The Morgan fingerprint density at radius 3 is 1.15 bits per heavy atom. The summed E-state index contributed by atoms with van der Waals surface area (Å²) in [5, 5.41) is 85.4. The fourth-order valence-electron chi connectivity index (χ4n) is 14.6. The predicted molar refractivity (Wildman–Crippen MR) is 580 cm³/mol. The van der Waals surface area contributed by atoms with Crippen LogP contribution in [0.4, 0.5) is 73.9 Å². The standard InChI is InChI=1S/C21H18N4O5.C21H20N4O3.C11H10Cl2N2O3.C11H9ClN2O3.C11H12N2O3.C10H13ClN2O.C6H6N2O2.2C5H8BrClO/c1-13(27)19-18-10-11-23(15-6-8-17(9-7-15)25(29)30)21(28)20(18)24(22-19)16-4-2-14(12-26)3-5-16;1-13(27)19-18-10-11-24(16-8-4-15(22)5-9-16)21(28)20(18)25(23-19)17-6-2-14(12-26)3-7-17;12-11(13)6-1-7-14(10(11)16)8-2-4-9(5-3-8)15(17)18;12-10-2-1-7-13(11(10)15)8-3-5-9(6-4-8)14(16)17;14-11-3-1-2-8-12(11)9-4-6-10(7-5-9)13(15)16;1-3-14-10(11)13-12-9-6-4-8(2)5-7-9;7-5-1-3-6(4-2-5)8(9)10;2*6-4-2-1-3-5(7)8/h2-9,26H,10-12H2,1H3;2-9,26H,10-12,22H2,1H3;2-5H,1,6-7H2;2-6H,1,7H2;4-7H,1-3,8H2;4-7,12H,3H2,1-2H3;1-4H,7H2;2*1-4H2/b;;;;;13-10+;;;. The second-order valence-corrected chi connectivity index (χ2v) is 37.4. The average molecular weight is 2290 g/mol. The zero-order valence-electron chi connectivity index (χ0n) is 80.8. The summed E-state index contributed by atoms with van der Waals surface area (Å²) in [4.78, 5) is 164. The molecule has 40 nitrogen and oxygen atoms in total. The summed E-state index contributed by atoms with van der Waals surface area (Å²) in [6.07, 6.45) is 11.8. The molecule has 9 aromatic carbocycles. The highest BCUT2D eigenvalue weighted by molar-refractivity contribution is 9.09. The molecule has 0 unspecified atom stereocenters. The molecule has 5 aliphatic rings. The van der Waals surface area contributed by atoms with Gasteiger partial charge in [-0.25, -0.2) is 9.36 Å². The maximum Gasteiger partial charge on any atom is 0.304 e. The topological polar surface area (TPSA) is 547 Å². The Bertz CT molecular complexity index is 6560. The van der Waals surface area contributed by atoms with Crippen molar-refractivity contribution in [3.63, 3.8) is 0 Å². The van der Waals surface area contributed by atoms with Gasteiger partial charge in [0.2, 0.25) is 16.4 Å². The van der Waals surface area contributed by atoms with E-state index in [0.717, 1.165) is 71.8 Å². The van der Waals surface area contributed by atoms with Crippen LogP contribution in [-0.4, -0.2) is 166 Å². The second kappa shape index (κ2) is 59.6. The van der Waals surface area contributed by atoms with Crippen LogP contribution in [0, 0.1) is 57.5 Å². The van der Waals surface area contributed by atoms with Crippen LogP contribution in [0.2, 0.25) is 0 Å². The number of nitro benzene ring substituents is 5. The lowest BCUT2D eigenvalue weighted by atomic mass is 10.0. The van der Waals surface area contributed by atoms with Crippen molar-refractivity contribution in [3.8, 4) is 11.4 Å². The number of nitrogens with one attached hydrogen (secondary N) is 1. The molecule has 0 bridgehead atoms. The minimum absolute atomic E-state index is 0.000141. The number of aryl methyl sites for hydroxylation is 1. The Balaban J connectivity index is 0.000000211. The number of hydrazone groups is 1. The van der Waals surface area contributed by atoms with E-state index in [2.05, 4.69) is 52.6 Å². The monoisotopic (exact) mass is 2290 g/mol. The van der Waals surface area contributed by atoms with Crippen LogP contribution in [0.1, 0.15) is 168 Å². The van der Waals surface area contributed by atoms with E-state index in [4.69, 9.17) is 85.8 Å². The summed E-state index contributed by atoms with van der Waals surface area (Å²) in [5.41, 5.74) is 25.6. The van der Waals surface area contributed by atoms with E-state index >= 15 is 0 Å². The predicted octanol–water partition coefficient (Wildman–Crippen LogP) is 21.3. The molecule has 5 amide bonds. The first kappa shape index (κ1) is 120. The number of nitrogens with zero attached hydrogens (tertiary/aromatic N) is 15. The largest absolute Gasteiger partial charge is 0.468 e. The molecule has 0 radical (unpaired) electrons. The molecule has 16 rings (SSSR count). The number of nitrogen functional groups attached to an aromatic ring is 2. The Morgan fingerprint density at radius 1 is 0.456 bits per heavy atom. The van der Waals surface area contributed by atoms with Gasteiger partial charge in [0, 0.05) is 188 Å². The zero-order valence-corrected chi connectivity index (χ0v) is 88.5. The van der Waals surface area contributed by atoms with Crippen molar-refractivity contribution >= 4 is 232 Å². The number of carbonyl (C=O) groups is 9. The van der Waals surface area contributed by atoms with Gasteiger partial charge in [0.05, 0.1) is 61.5 Å². The number of aromatic nitrogens is 4. The first-order valence-electron chi connectivity index (χ1n) is 46.0. The number of nitro groups is 5. The smallest absolute Gasteiger partial charge is 0.304 e. The number of hydrogen-bond donors (Lipinski definition) is 5. The molecule has 48 heteroatoms. The number of halogens is 8. The van der Waals surface area contributed by atoms with E-state index in [1.807, 2.05) is 38.1 Å². The van der Waals surface area contributed by atoms with Crippen LogP contribution < -0.4 is 41.4 Å². The number of nitrogens with two attached hydrogens (primary N) is 2. The van der Waals surface area contributed by atoms with Crippen molar-refractivity contribution < 1.29 is 82.7 Å². The molecule has 149 heavy (non-hydrogen) atoms. The van der Waals surface area contributed by atoms with Crippen molar-refractivity contribution in [1.82, 2.24) is 19.6 Å². The molecule has 0 atom stereocenters. The molecular weight excluding hydrogens is 2190 g/mol. The Kier molecular flexibility index (Phi) is 48.0. The van der Waals surface area contributed by atoms with E-state index in [-0.39, 0.29) is 109 Å². The Morgan fingerprint density at radius 2 is 0.799 bits per heavy atom. The molecule has 7 N–H and O–H groups in total. The number of alkyl halides is 4. The maximum absolute atomic E-state index is 13.4. The number of ether oxygens (including phenoxy) is 1. The van der Waals surface area contributed by atoms with Gasteiger partial charge in [-0.05, 0) is 252 Å². The molecule has 5 aliphatic heterocycles. The quantitative estimate of drug-likeness (QED) is 0.00367. The summed E-state index contributed by atoms with van der Waals surface area (Å²) in [6, 6.07) is 58.1. The highest BCUT2D eigenvalue weighted by atomic mass is 79.9. The number of anilines is 8. The van der Waals surface area contributed by atoms with E-state index < -0.39 is 28.9 Å². The van der Waals surface area contributed by atoms with Crippen LogP contribution >= 0.6 is 101 Å². The Hall–Kier alpha value is -14.3. The summed E-state index contributed by atoms with van der Waals surface area (Å²) < 4.78 is 6.52. The lowest BCUT2D eigenvalue weighted by Gasteiger charge is -2.33. The molecular formula is C101H104Br2Cl6N18O22. The van der Waals surface area contributed by atoms with E-state index in [0.29, 0.717) is 164 Å². The Labute approximate surface area is 901 Å². The second-order valence-electron chi connectivity index (χ2n) is 32.7. The van der Waals surface area contributed by atoms with Crippen molar-refractivity contribution in [3.05, 3.63) is 331 Å². The number of piperidine rings is 2. The zero-order chi connectivity index (χ0) is 109. The average Bonchev–Trinajstić information content (AvgIpc) is 1.61. The van der Waals surface area contributed by atoms with Gasteiger partial charge in [0.25, 0.3) is 52.1 Å². The van der Waals surface area contributed by atoms with Gasteiger partial charge in [0.15, 0.2) is 15.9 Å². The van der Waals surface area contributed by atoms with Crippen molar-refractivity contribution in [2.75, 3.05) is 91.4 Å². The SMILES string of the molecule is CC(=O)c1nn(-c2ccc(CO)cc2)c2c1CCN(c1ccc(N)cc1)C2=O.CC(=O)c1nn(-c2ccc(CO)cc2)c2c1CCN(c1ccc([N+](=O)[O-])cc1)C2=O.CCO/C(Cl)=N/Nc1ccc(C)cc1.Nc1ccc([N+](=O)[O-])cc1.O=C(Cl)CCCCBr.O=C(Cl)CCCCBr.O=C1C(Cl)=CCCN1c1ccc([N+](=O)[O-])cc1.O=C1CCCCN1c1ccc([N+](=O)[O-])cc1.O=C1N(c2ccc([N+](=O)[O-])cc2)CCCC1(Cl)Cl. The summed E-state index contributed by atoms with van der Waals surface area (Å²) in [5.74, 6) is -1.50. The number of non-ortho nitro benzene ring substituents is 5. The number of aliphatic hydroxyl groups is 2. The fraction of sp³-hybridized carbons (Fsp3) is 0.287. The van der Waals surface area contributed by atoms with E-state index in [1.165, 1.54) is 141 Å². The highest BCUT2D eigenvalue weighted by Gasteiger charge is 2.42. The number of fused-ring (bicyclic) bond motifs is 2. The number of unbranched alkanes of at least 4 members (excludes halogenated alkanes) is 2. The first-order valence-corrected chi connectivity index (χ1v) is 50.5. The number of ketones is 2. The first-order chi connectivity index (χ1) is 71.0. The number of amides is 5. The van der Waals surface area contributed by atoms with Crippen molar-refractivity contribution in [1.29, 1.82) is 0 Å². The molecule has 0 saturated carbocycles. The van der Waals surface area contributed by atoms with E-state index in [1.54, 1.807) is 113 Å². The molecule has 2 fully saturated rings. The van der Waals surface area contributed by atoms with Crippen LogP contribution in [-0.2, 0) is 54.8 Å². The number of aliphatic hydroxyl groups excluding tert-OH is 2. The van der Waals surface area contributed by atoms with Crippen LogP contribution in [0.3, 0.4) is 0 Å². The van der Waals surface area contributed by atoms with Crippen molar-refractivity contribution in [2.24, 2.45) is 5.10 Å². The number of benzene rings is 9. The van der Waals surface area contributed by atoms with Crippen LogP contribution in [0.15, 0.2) is 235 Å². The summed E-state index contributed by atoms with van der Waals surface area (Å²) in [6.45, 7) is 9.63. The molecule has 11 aromatic rings. The third-order valence-electron chi connectivity index (χ3n) is 22.2. The summed E-state index contributed by atoms with van der Waals surface area (Å²) in [7, 11) is 0. The van der Waals surface area contributed by atoms with Gasteiger partial charge in [-0.1, -0.05) is 115 Å². The van der Waals surface area contributed by atoms with Gasteiger partial charge in [-0.15, -0.1) is 5.10 Å². The third-order valence-corrected chi connectivity index (χ3v) is 24.9. The molecule has 2 aromatic heterocycles. The van der Waals surface area contributed by atoms with Gasteiger partial charge >= 0.3 is 5.36 Å². The van der Waals surface area contributed by atoms with Gasteiger partial charge in [0.1, 0.15) is 27.8 Å². The molecule has 7 heterocycles. The van der Waals surface area contributed by atoms with Crippen LogP contribution in [0.25, 0.3) is 11.4 Å². The fourth-order valence-corrected chi connectivity index (χ4v) is 16.5. The minimum Gasteiger partial charge on any atom is -0.468 e. The lowest BCUT2D eigenvalue weighted by Crippen LogP contribution is -2.47. The third kappa shape index (κ3) is 36.0. The normalized spacial score (nSPS) is 13.7. The minimum atomic E-state index is -1.40. The highest BCUT2D eigenvalue weighted by Crippen LogP contribution is 2.38. The molecule has 0 aliphatic carbocycles. The van der Waals surface area contributed by atoms with Gasteiger partial charge in [-0.2, -0.15) is 10.2 Å². The number of hydrogen-bond acceptors (Lipinski definition) is 28. The van der Waals surface area contributed by atoms with Gasteiger partial charge in [-0.3, -0.25) is 99.1 Å². The molecule has 0 spiro atoms. The molecule has 2 saturated heterocycles.